The number of allylic oxidation sites excluding steroid dienone is 8. The minimum Gasteiger partial charge on any atom is -0.257 e. The van der Waals surface area contributed by atoms with Crippen molar-refractivity contribution in [3.63, 3.8) is 0 Å². The van der Waals surface area contributed by atoms with Crippen LogP contribution in [0.15, 0.2) is 215 Å². The van der Waals surface area contributed by atoms with Gasteiger partial charge in [-0.2, -0.15) is 0 Å². The molecule has 286 valence electrons. The van der Waals surface area contributed by atoms with Gasteiger partial charge in [-0.05, 0) is 81.1 Å². The van der Waals surface area contributed by atoms with Crippen LogP contribution in [0.2, 0.25) is 0 Å². The van der Waals surface area contributed by atoms with Crippen molar-refractivity contribution in [1.82, 2.24) is 15.0 Å². The summed E-state index contributed by atoms with van der Waals surface area (Å²) in [6.07, 6.45) is 18.8. The van der Waals surface area contributed by atoms with Crippen molar-refractivity contribution in [3.8, 4) is 45.0 Å². The van der Waals surface area contributed by atoms with Gasteiger partial charge in [-0.1, -0.05) is 188 Å². The van der Waals surface area contributed by atoms with Crippen LogP contribution in [0.3, 0.4) is 0 Å². The van der Waals surface area contributed by atoms with E-state index in [1.54, 1.807) is 12.3 Å². The van der Waals surface area contributed by atoms with Crippen LogP contribution in [-0.4, -0.2) is 21.2 Å². The molecule has 4 nitrogen and oxygen atoms in total. The van der Waals surface area contributed by atoms with Crippen molar-refractivity contribution in [3.05, 3.63) is 233 Å². The lowest BCUT2D eigenvalue weighted by Gasteiger charge is -2.43. The third-order valence-electron chi connectivity index (χ3n) is 12.3. The minimum absolute atomic E-state index is 0.0965. The lowest BCUT2D eigenvalue weighted by Crippen LogP contribution is -2.34. The molecule has 5 heteroatoms. The van der Waals surface area contributed by atoms with Crippen molar-refractivity contribution in [1.29, 1.82) is 0 Å². The van der Waals surface area contributed by atoms with Crippen molar-refractivity contribution < 1.29 is 0 Å². The topological polar surface area (TPSA) is 51.0 Å². The molecule has 2 heterocycles. The SMILES string of the molecule is C=CC=Nc1ccccc1C1C=C2Sc3cc(-c4cccc(-c5nc(-c6ccccc6)nc(C6C=CC=CC6)n5)c4)ccc3C3(C2=CC1)c1ccccc1-c1ccccc13. The number of rotatable bonds is 7. The zero-order chi connectivity index (χ0) is 40.0. The highest BCUT2D eigenvalue weighted by Gasteiger charge is 2.52. The highest BCUT2D eigenvalue weighted by molar-refractivity contribution is 8.03. The van der Waals surface area contributed by atoms with Gasteiger partial charge in [-0.25, -0.2) is 15.0 Å². The summed E-state index contributed by atoms with van der Waals surface area (Å²) >= 11 is 1.89. The molecule has 1 spiro atoms. The fourth-order valence-corrected chi connectivity index (χ4v) is 10.9. The van der Waals surface area contributed by atoms with Gasteiger partial charge in [-0.3, -0.25) is 4.99 Å². The Morgan fingerprint density at radius 1 is 0.617 bits per heavy atom. The number of para-hydroxylation sites is 1. The lowest BCUT2D eigenvalue weighted by molar-refractivity contribution is 0.710. The maximum atomic E-state index is 5.11. The second-order valence-electron chi connectivity index (χ2n) is 15.7. The molecule has 7 aromatic rings. The molecule has 0 saturated heterocycles. The van der Waals surface area contributed by atoms with E-state index in [9.17, 15) is 0 Å². The van der Waals surface area contributed by atoms with E-state index in [-0.39, 0.29) is 11.8 Å². The van der Waals surface area contributed by atoms with Gasteiger partial charge in [0.25, 0.3) is 0 Å². The standard InChI is InChI=1S/C55H40N4S/c1-2-32-56-49-27-14-11-22-42(49)40-29-31-48-51(35-40)60-50-34-39(28-30-47(50)55(48)45-25-12-9-23-43(45)44-24-10-13-26-46(44)55)38-20-15-21-41(33-38)54-58-52(36-16-5-3-6-17-36)57-53(59-54)37-18-7-4-8-19-37/h2-18,20-28,30-35,37,40H,1,19,29H2. The van der Waals surface area contributed by atoms with Gasteiger partial charge in [-0.15, -0.1) is 0 Å². The normalized spacial score (nSPS) is 18.0. The van der Waals surface area contributed by atoms with Crippen LogP contribution in [0.1, 0.15) is 52.8 Å². The quantitative estimate of drug-likeness (QED) is 0.151. The fourth-order valence-electron chi connectivity index (χ4n) is 9.57. The molecule has 0 fully saturated rings. The van der Waals surface area contributed by atoms with E-state index in [4.69, 9.17) is 19.9 Å². The third kappa shape index (κ3) is 6.00. The Morgan fingerprint density at radius 3 is 2.10 bits per heavy atom. The van der Waals surface area contributed by atoms with E-state index in [1.807, 2.05) is 30.0 Å². The Bertz CT molecular complexity index is 2960. The van der Waals surface area contributed by atoms with E-state index in [0.717, 1.165) is 46.6 Å². The zero-order valence-corrected chi connectivity index (χ0v) is 33.8. The van der Waals surface area contributed by atoms with Gasteiger partial charge in [0, 0.05) is 39.0 Å². The van der Waals surface area contributed by atoms with Crippen LogP contribution in [0.5, 0.6) is 0 Å². The summed E-state index contributed by atoms with van der Waals surface area (Å²) in [6.45, 7) is 3.87. The van der Waals surface area contributed by atoms with Crippen LogP contribution < -0.4 is 0 Å². The molecule has 60 heavy (non-hydrogen) atoms. The van der Waals surface area contributed by atoms with E-state index in [2.05, 4.69) is 170 Å². The van der Waals surface area contributed by atoms with Crippen molar-refractivity contribution in [2.24, 2.45) is 4.99 Å². The second-order valence-corrected chi connectivity index (χ2v) is 16.7. The molecule has 2 unspecified atom stereocenters. The van der Waals surface area contributed by atoms with Crippen molar-refractivity contribution in [2.75, 3.05) is 0 Å². The van der Waals surface area contributed by atoms with Gasteiger partial charge in [0.05, 0.1) is 11.1 Å². The van der Waals surface area contributed by atoms with E-state index in [1.165, 1.54) is 48.8 Å². The largest absolute Gasteiger partial charge is 0.257 e. The van der Waals surface area contributed by atoms with Gasteiger partial charge in [0.1, 0.15) is 5.82 Å². The summed E-state index contributed by atoms with van der Waals surface area (Å²) in [5, 5.41) is 0. The predicted octanol–water partition coefficient (Wildman–Crippen LogP) is 13.8. The van der Waals surface area contributed by atoms with Crippen LogP contribution >= 0.6 is 11.8 Å². The van der Waals surface area contributed by atoms with Crippen molar-refractivity contribution >= 4 is 23.7 Å². The number of aliphatic imine (C=N–C) groups is 1. The smallest absolute Gasteiger partial charge is 0.163 e. The van der Waals surface area contributed by atoms with Crippen LogP contribution in [0.25, 0.3) is 45.0 Å². The third-order valence-corrected chi connectivity index (χ3v) is 13.4. The number of hydrogen-bond donors (Lipinski definition) is 0. The van der Waals surface area contributed by atoms with E-state index >= 15 is 0 Å². The van der Waals surface area contributed by atoms with E-state index < -0.39 is 5.41 Å². The Hall–Kier alpha value is -6.95. The molecule has 0 bridgehead atoms. The van der Waals surface area contributed by atoms with Crippen LogP contribution in [-0.2, 0) is 5.41 Å². The van der Waals surface area contributed by atoms with Crippen LogP contribution in [0.4, 0.5) is 5.69 Å². The first-order chi connectivity index (χ1) is 29.7. The molecule has 3 aliphatic carbocycles. The maximum absolute atomic E-state index is 5.11. The molecular weight excluding hydrogens is 749 g/mol. The molecule has 6 aromatic carbocycles. The number of aromatic nitrogens is 3. The summed E-state index contributed by atoms with van der Waals surface area (Å²) in [4.78, 5) is 22.5. The average Bonchev–Trinajstić information content (AvgIpc) is 3.61. The number of nitrogens with zero attached hydrogens (tertiary/aromatic N) is 4. The molecule has 0 N–H and O–H groups in total. The number of fused-ring (bicyclic) bond motifs is 9. The average molecular weight is 789 g/mol. The second kappa shape index (κ2) is 15.0. The number of hydrogen-bond acceptors (Lipinski definition) is 5. The molecule has 4 aliphatic rings. The maximum Gasteiger partial charge on any atom is 0.163 e. The van der Waals surface area contributed by atoms with Crippen LogP contribution in [0, 0.1) is 0 Å². The Morgan fingerprint density at radius 2 is 1.32 bits per heavy atom. The molecule has 0 amide bonds. The summed E-state index contributed by atoms with van der Waals surface area (Å²) < 4.78 is 0. The fraction of sp³-hybridized carbons (Fsp3) is 0.0909. The van der Waals surface area contributed by atoms with Gasteiger partial charge >= 0.3 is 0 Å². The Labute approximate surface area is 355 Å². The predicted molar refractivity (Wildman–Crippen MR) is 248 cm³/mol. The molecule has 0 saturated carbocycles. The first-order valence-electron chi connectivity index (χ1n) is 20.6. The number of benzene rings is 6. The summed E-state index contributed by atoms with van der Waals surface area (Å²) in [5.74, 6) is 2.44. The first-order valence-corrected chi connectivity index (χ1v) is 21.4. The molecule has 1 aromatic heterocycles. The Balaban J connectivity index is 1.05. The molecule has 2 atom stereocenters. The summed E-state index contributed by atoms with van der Waals surface area (Å²) in [5.41, 5.74) is 14.0. The van der Waals surface area contributed by atoms with E-state index in [0.29, 0.717) is 11.6 Å². The van der Waals surface area contributed by atoms with Gasteiger partial charge in [0.2, 0.25) is 0 Å². The zero-order valence-electron chi connectivity index (χ0n) is 32.9. The molecule has 11 rings (SSSR count). The minimum atomic E-state index is -0.441. The Kier molecular flexibility index (Phi) is 9.05. The molecular formula is C55H40N4S. The molecule has 0 radical (unpaired) electrons. The van der Waals surface area contributed by atoms with Crippen molar-refractivity contribution in [2.45, 2.75) is 35.0 Å². The highest BCUT2D eigenvalue weighted by atomic mass is 32.2. The van der Waals surface area contributed by atoms with Gasteiger partial charge in [0.15, 0.2) is 11.6 Å². The summed E-state index contributed by atoms with van der Waals surface area (Å²) in [6, 6.07) is 52.6. The number of thioether (sulfide) groups is 1. The highest BCUT2D eigenvalue weighted by Crippen LogP contribution is 2.65. The van der Waals surface area contributed by atoms with Gasteiger partial charge < -0.3 is 0 Å². The monoisotopic (exact) mass is 788 g/mol. The summed E-state index contributed by atoms with van der Waals surface area (Å²) in [7, 11) is 0. The molecule has 1 aliphatic heterocycles. The lowest BCUT2D eigenvalue weighted by atomic mass is 9.65. The first kappa shape index (κ1) is 36.2.